The zero-order valence-corrected chi connectivity index (χ0v) is 90.2. The summed E-state index contributed by atoms with van der Waals surface area (Å²) in [5.74, 6) is -2.18. The Labute approximate surface area is 882 Å². The molecule has 0 fully saturated rings. The van der Waals surface area contributed by atoms with Gasteiger partial charge in [-0.2, -0.15) is 0 Å². The van der Waals surface area contributed by atoms with E-state index < -0.39 is 48.0 Å². The molecule has 0 aromatic heterocycles. The lowest BCUT2D eigenvalue weighted by molar-refractivity contribution is -0.145. The van der Waals surface area contributed by atoms with Crippen LogP contribution in [-0.4, -0.2) is 387 Å². The van der Waals surface area contributed by atoms with E-state index in [2.05, 4.69) is 128 Å². The van der Waals surface area contributed by atoms with Crippen molar-refractivity contribution in [1.29, 1.82) is 0 Å². The Morgan fingerprint density at radius 1 is 0.264 bits per heavy atom. The molecule has 6 atom stereocenters. The molecule has 0 bridgehead atoms. The Morgan fingerprint density at radius 3 is 0.831 bits per heavy atom. The largest absolute Gasteiger partial charge is 0.468 e. The van der Waals surface area contributed by atoms with Crippen molar-refractivity contribution in [2.45, 2.75) is 152 Å². The van der Waals surface area contributed by atoms with E-state index in [0.717, 1.165) is 162 Å². The van der Waals surface area contributed by atoms with Gasteiger partial charge >= 0.3 is 23.9 Å². The van der Waals surface area contributed by atoms with Gasteiger partial charge in [-0.05, 0) is 138 Å². The molecule has 0 aliphatic heterocycles. The fourth-order valence-corrected chi connectivity index (χ4v) is 10.7. The van der Waals surface area contributed by atoms with Gasteiger partial charge in [0.15, 0.2) is 0 Å². The first-order valence-corrected chi connectivity index (χ1v) is 51.1. The van der Waals surface area contributed by atoms with Crippen LogP contribution in [0, 0.1) is 11.8 Å². The summed E-state index contributed by atoms with van der Waals surface area (Å²) in [6.45, 7) is 29.2. The summed E-state index contributed by atoms with van der Waals surface area (Å²) < 4.78 is 17.7. The highest BCUT2D eigenvalue weighted by Crippen LogP contribution is 2.10. The third-order valence-corrected chi connectivity index (χ3v) is 19.3. The van der Waals surface area contributed by atoms with Crippen LogP contribution >= 0.6 is 0 Å². The summed E-state index contributed by atoms with van der Waals surface area (Å²) in [5, 5.41) is 44.9. The average molecular weight is 2130 g/mol. The monoisotopic (exact) mass is 2130 g/mol. The maximum atomic E-state index is 12.0. The number of nitrogens with two attached hydrogens (primary N) is 26. The highest BCUT2D eigenvalue weighted by molar-refractivity contribution is 5.94. The number of rotatable bonds is 79. The summed E-state index contributed by atoms with van der Waals surface area (Å²) in [4.78, 5) is 105. The molecule has 0 saturated carbocycles. The Hall–Kier alpha value is -7.85. The Morgan fingerprint density at radius 2 is 0.541 bits per heavy atom. The van der Waals surface area contributed by atoms with Crippen LogP contribution in [0.3, 0.4) is 0 Å². The highest BCUT2D eigenvalue weighted by Gasteiger charge is 2.23. The molecule has 6 unspecified atom stereocenters. The van der Waals surface area contributed by atoms with Gasteiger partial charge in [-0.25, -0.2) is 5.48 Å². The molecule has 0 radical (unpaired) electrons. The van der Waals surface area contributed by atoms with Crippen molar-refractivity contribution in [3.63, 3.8) is 0 Å². The molecule has 5 amide bonds. The van der Waals surface area contributed by atoms with E-state index in [1.165, 1.54) is 65.2 Å². The van der Waals surface area contributed by atoms with E-state index in [1.54, 1.807) is 24.3 Å². The van der Waals surface area contributed by atoms with Gasteiger partial charge in [-0.1, -0.05) is 62.1 Å². The Bertz CT molecular complexity index is 2990. The molecular weight excluding hydrogens is 1920 g/mol. The van der Waals surface area contributed by atoms with Crippen LogP contribution in [0.15, 0.2) is 48.5 Å². The lowest BCUT2D eigenvalue weighted by atomic mass is 9.95. The molecule has 0 spiro atoms. The first kappa shape index (κ1) is 158. The van der Waals surface area contributed by atoms with Gasteiger partial charge in [0.2, 0.25) is 23.6 Å². The molecular formula is C92H214N42O14. The summed E-state index contributed by atoms with van der Waals surface area (Å²) in [6, 6.07) is 11.7. The number of esters is 4. The molecule has 876 valence electrons. The van der Waals surface area contributed by atoms with Crippen molar-refractivity contribution in [3.05, 3.63) is 70.8 Å². The zero-order valence-electron chi connectivity index (χ0n) is 90.2. The Balaban J connectivity index is -0.000000209. The van der Waals surface area contributed by atoms with Crippen molar-refractivity contribution < 1.29 is 66.9 Å². The SMILES string of the molecule is COC(=O)C(N)CC(N)C(=O)OC.COC(=O)C(N)CNOCc1ccc(C(=O)NCC(N)C(=O)OC)cc1.NCC(=O)NCCCCCCNC(=O)CN.NCC(CN)CC(CN)CN.NCC(N)CC(N)CN.NCCNC(=O)CCCCC(=O)NCCN.NCCNCCCCCCNCCN.NCCNCNCCN.NCCNCNCCN.NCCNCNCCN.NCCNCc1ccc(CNCCN)cc1. The van der Waals surface area contributed by atoms with E-state index in [9.17, 15) is 43.2 Å². The van der Waals surface area contributed by atoms with Crippen molar-refractivity contribution >= 4 is 53.4 Å². The predicted molar refractivity (Wildman–Crippen MR) is 595 cm³/mol. The van der Waals surface area contributed by atoms with Crippen molar-refractivity contribution in [2.24, 2.45) is 161 Å². The summed E-state index contributed by atoms with van der Waals surface area (Å²) in [5.41, 5.74) is 145. The minimum Gasteiger partial charge on any atom is -0.468 e. The summed E-state index contributed by atoms with van der Waals surface area (Å²) >= 11 is 0. The topological polar surface area (TPSA) is 1070 Å². The van der Waals surface area contributed by atoms with Crippen LogP contribution in [-0.2, 0) is 81.8 Å². The number of nitrogens with one attached hydrogen (secondary N) is 16. The second kappa shape index (κ2) is 130. The van der Waals surface area contributed by atoms with Crippen LogP contribution in [0.5, 0.6) is 0 Å². The number of amides is 5. The number of benzene rings is 2. The van der Waals surface area contributed by atoms with Crippen molar-refractivity contribution in [3.8, 4) is 0 Å². The van der Waals surface area contributed by atoms with Gasteiger partial charge in [0.1, 0.15) is 24.2 Å². The van der Waals surface area contributed by atoms with Crippen LogP contribution in [0.1, 0.15) is 123 Å². The van der Waals surface area contributed by atoms with E-state index in [-0.39, 0.29) is 80.8 Å². The average Bonchev–Trinajstić information content (AvgIpc) is 0.877. The molecule has 0 aliphatic carbocycles. The summed E-state index contributed by atoms with van der Waals surface area (Å²) in [6.07, 6.45) is 13.1. The van der Waals surface area contributed by atoms with Gasteiger partial charge < -0.3 is 248 Å². The molecule has 0 saturated heterocycles. The smallest absolute Gasteiger partial charge is 0.324 e. The maximum Gasteiger partial charge on any atom is 0.324 e. The fourth-order valence-electron chi connectivity index (χ4n) is 10.7. The first-order chi connectivity index (χ1) is 71.3. The highest BCUT2D eigenvalue weighted by atomic mass is 16.6. The minimum atomic E-state index is -0.918. The number of hydrogen-bond donors (Lipinski definition) is 42. The maximum absolute atomic E-state index is 12.0. The molecule has 2 aromatic rings. The third kappa shape index (κ3) is 123. The molecule has 56 nitrogen and oxygen atoms in total. The van der Waals surface area contributed by atoms with Crippen LogP contribution < -0.4 is 234 Å². The fraction of sp³-hybridized carbons (Fsp3) is 0.772. The normalized spacial score (nSPS) is 11.5. The quantitative estimate of drug-likeness (QED) is 0.00961. The number of unbranched alkanes of at least 4 members (excludes halogenated alkanes) is 7. The second-order valence-electron chi connectivity index (χ2n) is 32.4. The van der Waals surface area contributed by atoms with Crippen LogP contribution in [0.2, 0.25) is 0 Å². The third-order valence-electron chi connectivity index (χ3n) is 19.3. The van der Waals surface area contributed by atoms with E-state index in [0.29, 0.717) is 180 Å². The van der Waals surface area contributed by atoms with Gasteiger partial charge in [0, 0.05) is 260 Å². The van der Waals surface area contributed by atoms with E-state index >= 15 is 0 Å². The molecule has 0 aliphatic rings. The van der Waals surface area contributed by atoms with Crippen LogP contribution in [0.25, 0.3) is 0 Å². The number of hydroxylamine groups is 1. The number of hydrogen-bond acceptors (Lipinski definition) is 51. The number of ether oxygens (including phenoxy) is 4. The lowest BCUT2D eigenvalue weighted by Crippen LogP contribution is -2.43. The van der Waals surface area contributed by atoms with Crippen LogP contribution in [0.4, 0.5) is 0 Å². The van der Waals surface area contributed by atoms with E-state index in [1.807, 2.05) is 0 Å². The molecule has 148 heavy (non-hydrogen) atoms. The van der Waals surface area contributed by atoms with Gasteiger partial charge in [-0.15, -0.1) is 0 Å². The van der Waals surface area contributed by atoms with Crippen molar-refractivity contribution in [1.82, 2.24) is 85.2 Å². The predicted octanol–water partition coefficient (Wildman–Crippen LogP) is -15.9. The first-order valence-electron chi connectivity index (χ1n) is 51.1. The molecule has 56 heteroatoms. The Kier molecular flexibility index (Phi) is 138. The zero-order chi connectivity index (χ0) is 113. The molecule has 2 rings (SSSR count). The van der Waals surface area contributed by atoms with Gasteiger partial charge in [0.05, 0.1) is 48.1 Å². The molecule has 68 N–H and O–H groups in total. The van der Waals surface area contributed by atoms with Crippen molar-refractivity contribution in [2.75, 3.05) is 297 Å². The molecule has 2 aromatic carbocycles. The number of methoxy groups -OCH3 is 4. The van der Waals surface area contributed by atoms with Gasteiger partial charge in [0.25, 0.3) is 5.91 Å². The van der Waals surface area contributed by atoms with E-state index in [4.69, 9.17) is 154 Å². The summed E-state index contributed by atoms with van der Waals surface area (Å²) in [7, 11) is 4.91. The lowest BCUT2D eigenvalue weighted by Gasteiger charge is -2.18. The molecule has 0 heterocycles. The second-order valence-corrected chi connectivity index (χ2v) is 32.4. The minimum absolute atomic E-state index is 0.00329. The standard InChI is InChI=1S/C16H24N4O6.C12H22N4.2C10H22N4O2.C10H26N4.C7H20N4.C7H14N2O4.4C5H16N4/c1-24-15(22)12(17)7-19-14(21)11-5-3-10(4-6-11)9-26-20-8-13(18)16(23)25-2;13-5-7-15-9-11-1-2-12(4-3-11)10-16-8-6-14;11-5-7-13-9(15)3-1-2-4-10(16)14-8-6-12;11-7-9(15)13-5-3-1-2-4-6-14-10(16)8-12;11-5-9-13-7-3-1-2-4-8-14-10-6-12;8-2-6(3-9)1-7(4-10)5-11;1-12-6(10)4(8)3-5(9)7(11)13-2;6-2-4(8)1-5(9)3-7;3*6-1-3-8-5-9-4-2-7/h3-6,12-13,20H,7-9,17-18H2,1-2H3,(H,19,21);1-4,15-16H,5-10,13-14H2;2*1-8,11-12H2,(H,13,15)(H,14,16);13-14H,1-12H2;6-7H,1-5,8-11H2;4-5H,3,8-9H2,1-2H3;4-5H,1-3,6-9H2;3*8-9H,1-7H2. The number of carbonyl (C=O) groups is 9. The van der Waals surface area contributed by atoms with Gasteiger partial charge in [-0.3, -0.25) is 48.0 Å². The number of carbonyl (C=O) groups excluding carboxylic acids is 9.